The standard InChI is InChI=1S/C13H14N2O4/c14-8-6-9(16)13(15,12(18)19)10(11(8)17)7-4-2-1-3-5-7/h1-5,8,10H,6,14-15H2,(H,18,19)/t8-,10?,13+/m0/s1. The van der Waals surface area contributed by atoms with Crippen LogP contribution in [-0.2, 0) is 14.4 Å². The Bertz CT molecular complexity index is 543. The van der Waals surface area contributed by atoms with Crippen molar-refractivity contribution in [1.29, 1.82) is 0 Å². The Morgan fingerprint density at radius 2 is 1.84 bits per heavy atom. The molecule has 1 aliphatic rings. The number of carboxylic acid groups (broad SMARTS) is 1. The summed E-state index contributed by atoms with van der Waals surface area (Å²) in [5.74, 6) is -3.99. The average Bonchev–Trinajstić information content (AvgIpc) is 2.38. The van der Waals surface area contributed by atoms with E-state index in [0.29, 0.717) is 5.56 Å². The number of ketones is 2. The lowest BCUT2D eigenvalue weighted by Gasteiger charge is -2.37. The van der Waals surface area contributed by atoms with Crippen molar-refractivity contribution < 1.29 is 19.5 Å². The topological polar surface area (TPSA) is 123 Å². The Kier molecular flexibility index (Phi) is 3.21. The molecule has 1 unspecified atom stereocenters. The molecular weight excluding hydrogens is 248 g/mol. The highest BCUT2D eigenvalue weighted by molar-refractivity contribution is 6.18. The molecule has 1 aromatic carbocycles. The van der Waals surface area contributed by atoms with Gasteiger partial charge in [-0.15, -0.1) is 0 Å². The van der Waals surface area contributed by atoms with Crippen LogP contribution in [0.4, 0.5) is 0 Å². The molecule has 0 amide bonds. The highest BCUT2D eigenvalue weighted by atomic mass is 16.4. The van der Waals surface area contributed by atoms with Crippen molar-refractivity contribution >= 4 is 17.5 Å². The van der Waals surface area contributed by atoms with E-state index in [-0.39, 0.29) is 6.42 Å². The van der Waals surface area contributed by atoms with E-state index in [4.69, 9.17) is 11.5 Å². The maximum Gasteiger partial charge on any atom is 0.332 e. The maximum absolute atomic E-state index is 12.2. The minimum Gasteiger partial charge on any atom is -0.480 e. The fraction of sp³-hybridized carbons (Fsp3) is 0.308. The quantitative estimate of drug-likeness (QED) is 0.613. The zero-order valence-electron chi connectivity index (χ0n) is 10.1. The van der Waals surface area contributed by atoms with Gasteiger partial charge in [0.15, 0.2) is 17.1 Å². The number of carbonyl (C=O) groups excluding carboxylic acids is 2. The predicted molar refractivity (Wildman–Crippen MR) is 66.3 cm³/mol. The predicted octanol–water partition coefficient (Wildman–Crippen LogP) is -0.578. The third-order valence-electron chi connectivity index (χ3n) is 3.46. The molecule has 0 bridgehead atoms. The van der Waals surface area contributed by atoms with Crippen molar-refractivity contribution in [2.24, 2.45) is 11.5 Å². The van der Waals surface area contributed by atoms with Gasteiger partial charge in [-0.25, -0.2) is 4.79 Å². The normalized spacial score (nSPS) is 31.3. The Balaban J connectivity index is 2.59. The first kappa shape index (κ1) is 13.4. The second-order valence-corrected chi connectivity index (χ2v) is 4.65. The van der Waals surface area contributed by atoms with E-state index >= 15 is 0 Å². The van der Waals surface area contributed by atoms with E-state index in [9.17, 15) is 19.5 Å². The van der Waals surface area contributed by atoms with Crippen LogP contribution in [0, 0.1) is 0 Å². The molecule has 0 heterocycles. The summed E-state index contributed by atoms with van der Waals surface area (Å²) < 4.78 is 0. The maximum atomic E-state index is 12.2. The lowest BCUT2D eigenvalue weighted by Crippen LogP contribution is -2.67. The number of aliphatic carboxylic acids is 1. The van der Waals surface area contributed by atoms with Crippen molar-refractivity contribution in [3.05, 3.63) is 35.9 Å². The molecule has 6 heteroatoms. The first-order chi connectivity index (χ1) is 8.89. The minimum absolute atomic E-state index is 0.342. The Hall–Kier alpha value is -2.05. The molecule has 1 aliphatic carbocycles. The summed E-state index contributed by atoms with van der Waals surface area (Å²) in [4.78, 5) is 35.5. The molecule has 6 nitrogen and oxygen atoms in total. The summed E-state index contributed by atoms with van der Waals surface area (Å²) >= 11 is 0. The van der Waals surface area contributed by atoms with Gasteiger partial charge in [0.2, 0.25) is 0 Å². The summed E-state index contributed by atoms with van der Waals surface area (Å²) in [6.45, 7) is 0. The zero-order valence-corrected chi connectivity index (χ0v) is 10.1. The second kappa shape index (κ2) is 4.56. The molecule has 19 heavy (non-hydrogen) atoms. The third-order valence-corrected chi connectivity index (χ3v) is 3.46. The SMILES string of the molecule is N[C@H]1CC(=O)[C@](N)(C(=O)O)C(c2ccccc2)C1=O. The van der Waals surface area contributed by atoms with Crippen molar-refractivity contribution in [2.45, 2.75) is 23.9 Å². The second-order valence-electron chi connectivity index (χ2n) is 4.65. The largest absolute Gasteiger partial charge is 0.480 e. The van der Waals surface area contributed by atoms with Gasteiger partial charge in [-0.2, -0.15) is 0 Å². The smallest absolute Gasteiger partial charge is 0.332 e. The van der Waals surface area contributed by atoms with Gasteiger partial charge in [0.05, 0.1) is 12.0 Å². The fourth-order valence-corrected chi connectivity index (χ4v) is 2.38. The summed E-state index contributed by atoms with van der Waals surface area (Å²) in [6, 6.07) is 7.15. The third kappa shape index (κ3) is 1.94. The molecule has 0 aromatic heterocycles. The summed E-state index contributed by atoms with van der Waals surface area (Å²) in [7, 11) is 0. The van der Waals surface area contributed by atoms with Crippen LogP contribution in [0.1, 0.15) is 17.9 Å². The van der Waals surface area contributed by atoms with Gasteiger partial charge in [0, 0.05) is 6.42 Å². The van der Waals surface area contributed by atoms with Crippen LogP contribution >= 0.6 is 0 Å². The lowest BCUT2D eigenvalue weighted by atomic mass is 9.67. The van der Waals surface area contributed by atoms with Crippen molar-refractivity contribution in [3.8, 4) is 0 Å². The number of Topliss-reactive ketones (excluding diaryl/α,β-unsaturated/α-hetero) is 2. The van der Waals surface area contributed by atoms with Gasteiger partial charge in [0.1, 0.15) is 0 Å². The molecule has 1 saturated carbocycles. The first-order valence-corrected chi connectivity index (χ1v) is 5.79. The van der Waals surface area contributed by atoms with Gasteiger partial charge in [-0.1, -0.05) is 30.3 Å². The number of carboxylic acids is 1. The number of rotatable bonds is 2. The van der Waals surface area contributed by atoms with Gasteiger partial charge < -0.3 is 16.6 Å². The Morgan fingerprint density at radius 3 is 2.37 bits per heavy atom. The van der Waals surface area contributed by atoms with Crippen LogP contribution in [-0.4, -0.2) is 34.2 Å². The molecular formula is C13H14N2O4. The van der Waals surface area contributed by atoms with Gasteiger partial charge >= 0.3 is 5.97 Å². The molecule has 100 valence electrons. The fourth-order valence-electron chi connectivity index (χ4n) is 2.38. The number of benzene rings is 1. The Labute approximate surface area is 109 Å². The van der Waals surface area contributed by atoms with E-state index in [1.54, 1.807) is 30.3 Å². The van der Waals surface area contributed by atoms with Crippen LogP contribution in [0.15, 0.2) is 30.3 Å². The van der Waals surface area contributed by atoms with Crippen LogP contribution < -0.4 is 11.5 Å². The van der Waals surface area contributed by atoms with Crippen LogP contribution in [0.3, 0.4) is 0 Å². The lowest BCUT2D eigenvalue weighted by molar-refractivity contribution is -0.154. The monoisotopic (exact) mass is 262 g/mol. The van der Waals surface area contributed by atoms with Crippen LogP contribution in [0.5, 0.6) is 0 Å². The molecule has 5 N–H and O–H groups in total. The summed E-state index contributed by atoms with van der Waals surface area (Å²) in [6.07, 6.45) is -0.342. The van der Waals surface area contributed by atoms with Crippen molar-refractivity contribution in [2.75, 3.05) is 0 Å². The molecule has 0 saturated heterocycles. The average molecular weight is 262 g/mol. The molecule has 0 aliphatic heterocycles. The molecule has 3 atom stereocenters. The van der Waals surface area contributed by atoms with Gasteiger partial charge in [0.25, 0.3) is 0 Å². The highest BCUT2D eigenvalue weighted by Gasteiger charge is 2.57. The van der Waals surface area contributed by atoms with Crippen molar-refractivity contribution in [1.82, 2.24) is 0 Å². The van der Waals surface area contributed by atoms with Crippen LogP contribution in [0.2, 0.25) is 0 Å². The summed E-state index contributed by atoms with van der Waals surface area (Å²) in [5.41, 5.74) is 9.50. The highest BCUT2D eigenvalue weighted by Crippen LogP contribution is 2.34. The van der Waals surface area contributed by atoms with E-state index in [0.717, 1.165) is 0 Å². The Morgan fingerprint density at radius 1 is 1.26 bits per heavy atom. The van der Waals surface area contributed by atoms with E-state index in [1.165, 1.54) is 0 Å². The molecule has 0 spiro atoms. The molecule has 2 rings (SSSR count). The number of carbonyl (C=O) groups is 3. The van der Waals surface area contributed by atoms with Gasteiger partial charge in [-0.05, 0) is 5.56 Å². The number of hydrogen-bond donors (Lipinski definition) is 3. The summed E-state index contributed by atoms with van der Waals surface area (Å²) in [5, 5.41) is 9.26. The van der Waals surface area contributed by atoms with E-state index < -0.39 is 35.0 Å². The first-order valence-electron chi connectivity index (χ1n) is 5.79. The van der Waals surface area contributed by atoms with Crippen molar-refractivity contribution in [3.63, 3.8) is 0 Å². The molecule has 1 fully saturated rings. The van der Waals surface area contributed by atoms with E-state index in [2.05, 4.69) is 0 Å². The molecule has 1 aromatic rings. The number of hydrogen-bond acceptors (Lipinski definition) is 5. The number of nitrogens with two attached hydrogens (primary N) is 2. The van der Waals surface area contributed by atoms with Gasteiger partial charge in [-0.3, -0.25) is 9.59 Å². The zero-order chi connectivity index (χ0) is 14.2. The minimum atomic E-state index is -2.24. The van der Waals surface area contributed by atoms with E-state index in [1.807, 2.05) is 0 Å². The molecule has 0 radical (unpaired) electrons. The van der Waals surface area contributed by atoms with Crippen LogP contribution in [0.25, 0.3) is 0 Å².